The van der Waals surface area contributed by atoms with Gasteiger partial charge in [0.1, 0.15) is 0 Å². The highest BCUT2D eigenvalue weighted by Crippen LogP contribution is 2.27. The number of carbonyl (C=O) groups excluding carboxylic acids is 1. The van der Waals surface area contributed by atoms with Crippen LogP contribution in [0, 0.1) is 5.92 Å². The number of nitrogens with one attached hydrogen (secondary N) is 2. The molecule has 2 fully saturated rings. The second-order valence-electron chi connectivity index (χ2n) is 4.84. The van der Waals surface area contributed by atoms with E-state index in [1.807, 2.05) is 0 Å². The van der Waals surface area contributed by atoms with Crippen LogP contribution in [-0.4, -0.2) is 49.6 Å². The van der Waals surface area contributed by atoms with Crippen molar-refractivity contribution >= 4 is 5.91 Å². The van der Waals surface area contributed by atoms with Gasteiger partial charge in [0.25, 0.3) is 0 Å². The van der Waals surface area contributed by atoms with Gasteiger partial charge < -0.3 is 10.6 Å². The van der Waals surface area contributed by atoms with E-state index in [1.165, 1.54) is 12.8 Å². The lowest BCUT2D eigenvalue weighted by Crippen LogP contribution is -2.51. The van der Waals surface area contributed by atoms with Gasteiger partial charge in [-0.3, -0.25) is 9.69 Å². The van der Waals surface area contributed by atoms with Crippen LogP contribution in [0.3, 0.4) is 0 Å². The average Bonchev–Trinajstić information content (AvgIpc) is 2.98. The minimum Gasteiger partial charge on any atom is -0.355 e. The van der Waals surface area contributed by atoms with Crippen molar-refractivity contribution in [1.82, 2.24) is 15.5 Å². The Morgan fingerprint density at radius 3 is 3.00 bits per heavy atom. The van der Waals surface area contributed by atoms with Gasteiger partial charge in [-0.1, -0.05) is 0 Å². The Bertz CT molecular complexity index is 228. The van der Waals surface area contributed by atoms with Crippen LogP contribution in [0.5, 0.6) is 0 Å². The normalized spacial score (nSPS) is 27.7. The molecule has 2 rings (SSSR count). The summed E-state index contributed by atoms with van der Waals surface area (Å²) in [6.07, 6.45) is 2.59. The van der Waals surface area contributed by atoms with Gasteiger partial charge in [0, 0.05) is 32.2 Å². The van der Waals surface area contributed by atoms with Crippen molar-refractivity contribution in [3.63, 3.8) is 0 Å². The molecule has 0 radical (unpaired) electrons. The third-order valence-electron chi connectivity index (χ3n) is 3.10. The molecule has 1 unspecified atom stereocenters. The molecule has 2 aliphatic rings. The van der Waals surface area contributed by atoms with Crippen molar-refractivity contribution in [1.29, 1.82) is 0 Å². The molecule has 0 spiro atoms. The third-order valence-corrected chi connectivity index (χ3v) is 3.10. The van der Waals surface area contributed by atoms with Crippen molar-refractivity contribution in [2.45, 2.75) is 25.8 Å². The van der Waals surface area contributed by atoms with Crippen LogP contribution in [0.25, 0.3) is 0 Å². The number of hydrogen-bond acceptors (Lipinski definition) is 3. The molecule has 0 aromatic carbocycles. The lowest BCUT2D eigenvalue weighted by Gasteiger charge is -2.31. The van der Waals surface area contributed by atoms with Gasteiger partial charge in [0.15, 0.2) is 0 Å². The fourth-order valence-electron chi connectivity index (χ4n) is 1.99. The van der Waals surface area contributed by atoms with E-state index >= 15 is 0 Å². The van der Waals surface area contributed by atoms with Crippen molar-refractivity contribution < 1.29 is 4.79 Å². The molecule has 1 aliphatic carbocycles. The zero-order valence-corrected chi connectivity index (χ0v) is 9.46. The molecule has 1 aliphatic heterocycles. The number of nitrogens with zero attached hydrogens (tertiary/aromatic N) is 1. The van der Waals surface area contributed by atoms with Crippen LogP contribution in [0.1, 0.15) is 19.8 Å². The summed E-state index contributed by atoms with van der Waals surface area (Å²) in [5.74, 6) is 0.965. The van der Waals surface area contributed by atoms with E-state index in [4.69, 9.17) is 0 Å². The number of carbonyl (C=O) groups is 1. The summed E-state index contributed by atoms with van der Waals surface area (Å²) in [5.41, 5.74) is 0. The van der Waals surface area contributed by atoms with E-state index < -0.39 is 0 Å². The van der Waals surface area contributed by atoms with Crippen LogP contribution in [0.4, 0.5) is 0 Å². The summed E-state index contributed by atoms with van der Waals surface area (Å²) in [7, 11) is 0. The van der Waals surface area contributed by atoms with Crippen molar-refractivity contribution in [3.05, 3.63) is 0 Å². The lowest BCUT2D eigenvalue weighted by atomic mass is 10.2. The number of amides is 1. The standard InChI is InChI=1S/C11H21N3O/c1-9-7-14(5-4-12-9)8-11(15)13-6-10-2-3-10/h9-10,12H,2-8H2,1H3,(H,13,15). The molecule has 0 bridgehead atoms. The molecule has 1 saturated heterocycles. The minimum atomic E-state index is 0.191. The van der Waals surface area contributed by atoms with Crippen molar-refractivity contribution in [2.75, 3.05) is 32.7 Å². The molecule has 2 N–H and O–H groups in total. The zero-order valence-electron chi connectivity index (χ0n) is 9.46. The van der Waals surface area contributed by atoms with Gasteiger partial charge in [-0.2, -0.15) is 0 Å². The van der Waals surface area contributed by atoms with Crippen LogP contribution < -0.4 is 10.6 Å². The van der Waals surface area contributed by atoms with E-state index in [1.54, 1.807) is 0 Å². The predicted octanol–water partition coefficient (Wildman–Crippen LogP) is -0.194. The highest BCUT2D eigenvalue weighted by molar-refractivity contribution is 5.78. The van der Waals surface area contributed by atoms with E-state index in [2.05, 4.69) is 22.5 Å². The predicted molar refractivity (Wildman–Crippen MR) is 59.6 cm³/mol. The maximum atomic E-state index is 11.6. The molecule has 1 saturated carbocycles. The summed E-state index contributed by atoms with van der Waals surface area (Å²) in [6, 6.07) is 0.509. The fourth-order valence-corrected chi connectivity index (χ4v) is 1.99. The fraction of sp³-hybridized carbons (Fsp3) is 0.909. The van der Waals surface area contributed by atoms with Crippen LogP contribution in [0.15, 0.2) is 0 Å². The van der Waals surface area contributed by atoms with Gasteiger partial charge in [0.2, 0.25) is 5.91 Å². The first-order chi connectivity index (χ1) is 7.24. The second-order valence-corrected chi connectivity index (χ2v) is 4.84. The molecule has 0 aromatic rings. The molecule has 15 heavy (non-hydrogen) atoms. The van der Waals surface area contributed by atoms with Crippen LogP contribution in [-0.2, 0) is 4.79 Å². The summed E-state index contributed by atoms with van der Waals surface area (Å²) in [6.45, 7) is 6.59. The molecule has 1 atom stereocenters. The zero-order chi connectivity index (χ0) is 10.7. The summed E-state index contributed by atoms with van der Waals surface area (Å²) >= 11 is 0. The van der Waals surface area contributed by atoms with Gasteiger partial charge >= 0.3 is 0 Å². The number of hydrogen-bond donors (Lipinski definition) is 2. The largest absolute Gasteiger partial charge is 0.355 e. The number of rotatable bonds is 4. The Morgan fingerprint density at radius 1 is 1.53 bits per heavy atom. The maximum absolute atomic E-state index is 11.6. The molecule has 0 aromatic heterocycles. The molecular weight excluding hydrogens is 190 g/mol. The van der Waals surface area contributed by atoms with Crippen LogP contribution >= 0.6 is 0 Å². The van der Waals surface area contributed by atoms with Gasteiger partial charge in [-0.25, -0.2) is 0 Å². The molecule has 1 heterocycles. The summed E-state index contributed by atoms with van der Waals surface area (Å²) in [5, 5.41) is 6.38. The van der Waals surface area contributed by atoms with Crippen molar-refractivity contribution in [3.8, 4) is 0 Å². The monoisotopic (exact) mass is 211 g/mol. The van der Waals surface area contributed by atoms with E-state index in [0.717, 1.165) is 32.1 Å². The van der Waals surface area contributed by atoms with Gasteiger partial charge in [-0.15, -0.1) is 0 Å². The highest BCUT2D eigenvalue weighted by atomic mass is 16.2. The highest BCUT2D eigenvalue weighted by Gasteiger charge is 2.22. The Balaban J connectivity index is 1.63. The molecule has 4 heteroatoms. The third kappa shape index (κ3) is 3.80. The van der Waals surface area contributed by atoms with Gasteiger partial charge in [0.05, 0.1) is 6.54 Å². The average molecular weight is 211 g/mol. The molecule has 4 nitrogen and oxygen atoms in total. The Hall–Kier alpha value is -0.610. The Kier molecular flexibility index (Phi) is 3.59. The van der Waals surface area contributed by atoms with Gasteiger partial charge in [-0.05, 0) is 25.7 Å². The Morgan fingerprint density at radius 2 is 2.33 bits per heavy atom. The van der Waals surface area contributed by atoms with E-state index in [-0.39, 0.29) is 5.91 Å². The molecule has 86 valence electrons. The first-order valence-electron chi connectivity index (χ1n) is 5.96. The topological polar surface area (TPSA) is 44.4 Å². The van der Waals surface area contributed by atoms with E-state index in [9.17, 15) is 4.79 Å². The lowest BCUT2D eigenvalue weighted by molar-refractivity contribution is -0.122. The Labute approximate surface area is 91.4 Å². The minimum absolute atomic E-state index is 0.191. The molecule has 1 amide bonds. The van der Waals surface area contributed by atoms with E-state index in [0.29, 0.717) is 12.6 Å². The first-order valence-corrected chi connectivity index (χ1v) is 5.96. The summed E-state index contributed by atoms with van der Waals surface area (Å²) < 4.78 is 0. The van der Waals surface area contributed by atoms with Crippen LogP contribution in [0.2, 0.25) is 0 Å². The second kappa shape index (κ2) is 4.94. The smallest absolute Gasteiger partial charge is 0.234 e. The quantitative estimate of drug-likeness (QED) is 0.677. The summed E-state index contributed by atoms with van der Waals surface area (Å²) in [4.78, 5) is 13.8. The molecular formula is C11H21N3O. The van der Waals surface area contributed by atoms with Crippen molar-refractivity contribution in [2.24, 2.45) is 5.92 Å². The first kappa shape index (κ1) is 10.9. The number of piperazine rings is 1. The maximum Gasteiger partial charge on any atom is 0.234 e. The SMILES string of the molecule is CC1CN(CC(=O)NCC2CC2)CCN1.